The lowest BCUT2D eigenvalue weighted by Crippen LogP contribution is -2.61. The summed E-state index contributed by atoms with van der Waals surface area (Å²) in [5, 5.41) is 0. The molecule has 312 valence electrons. The number of nitrogens with zero attached hydrogens (tertiary/aromatic N) is 2. The molecule has 3 heteroatoms. The maximum absolute atomic E-state index is 2.70. The Morgan fingerprint density at radius 1 is 0.417 bits per heavy atom. The van der Waals surface area contributed by atoms with Crippen LogP contribution in [-0.2, 0) is 37.9 Å². The van der Waals surface area contributed by atoms with Gasteiger partial charge in [-0.15, -0.1) is 0 Å². The number of benzene rings is 5. The minimum atomic E-state index is -0.0810. The van der Waals surface area contributed by atoms with Crippen molar-refractivity contribution in [3.05, 3.63) is 123 Å². The number of rotatable bonds is 2. The summed E-state index contributed by atoms with van der Waals surface area (Å²) >= 11 is 0. The largest absolute Gasteiger partial charge is 0.311 e. The van der Waals surface area contributed by atoms with E-state index in [2.05, 4.69) is 213 Å². The van der Waals surface area contributed by atoms with Gasteiger partial charge in [0.1, 0.15) is 0 Å². The maximum Gasteiger partial charge on any atom is 0.252 e. The fourth-order valence-corrected chi connectivity index (χ4v) is 12.3. The molecule has 2 heterocycles. The van der Waals surface area contributed by atoms with E-state index in [-0.39, 0.29) is 44.6 Å². The molecule has 0 unspecified atom stereocenters. The smallest absolute Gasteiger partial charge is 0.252 e. The minimum Gasteiger partial charge on any atom is -0.311 e. The van der Waals surface area contributed by atoms with Crippen LogP contribution in [0.15, 0.2) is 78.9 Å². The first-order valence-corrected chi connectivity index (χ1v) is 22.9. The fourth-order valence-electron chi connectivity index (χ4n) is 12.3. The summed E-state index contributed by atoms with van der Waals surface area (Å²) in [6, 6.07) is 32.6. The Kier molecular flexibility index (Phi) is 8.54. The monoisotopic (exact) mass is 795 g/mol. The molecule has 0 fully saturated rings. The molecule has 60 heavy (non-hydrogen) atoms. The summed E-state index contributed by atoms with van der Waals surface area (Å²) < 4.78 is 0. The lowest BCUT2D eigenvalue weighted by molar-refractivity contribution is 0.403. The van der Waals surface area contributed by atoms with E-state index in [9.17, 15) is 0 Å². The van der Waals surface area contributed by atoms with Crippen molar-refractivity contribution >= 4 is 57.2 Å². The predicted molar refractivity (Wildman–Crippen MR) is 263 cm³/mol. The SMILES string of the molecule is Cc1ccc(C(C)(C)C)cc1N1c2cc(C(C)(C)C)ccc2B2c3cc4c(cc3N(c3ccc5c(c3)C(C)(C)CC5(C)C)c3cc(C(C)(C)C)cc1c32)C(C)(C)CC4(C)C. The van der Waals surface area contributed by atoms with E-state index < -0.39 is 0 Å². The molecule has 0 amide bonds. The number of aryl methyl sites for hydroxylation is 1. The van der Waals surface area contributed by atoms with Gasteiger partial charge in [-0.25, -0.2) is 0 Å². The van der Waals surface area contributed by atoms with E-state index in [4.69, 9.17) is 0 Å². The zero-order valence-corrected chi connectivity index (χ0v) is 40.4. The van der Waals surface area contributed by atoms with Crippen molar-refractivity contribution in [1.29, 1.82) is 0 Å². The van der Waals surface area contributed by atoms with Crippen molar-refractivity contribution < 1.29 is 0 Å². The van der Waals surface area contributed by atoms with Crippen LogP contribution in [0, 0.1) is 6.92 Å². The second kappa shape index (κ2) is 12.4. The van der Waals surface area contributed by atoms with Crippen LogP contribution in [0.4, 0.5) is 34.1 Å². The van der Waals surface area contributed by atoms with Gasteiger partial charge in [0.15, 0.2) is 0 Å². The topological polar surface area (TPSA) is 6.48 Å². The Balaban J connectivity index is 1.45. The van der Waals surface area contributed by atoms with Crippen molar-refractivity contribution in [2.45, 2.75) is 175 Å². The number of hydrogen-bond donors (Lipinski definition) is 0. The van der Waals surface area contributed by atoms with E-state index in [1.165, 1.54) is 95.0 Å². The van der Waals surface area contributed by atoms with E-state index >= 15 is 0 Å². The molecule has 5 aromatic rings. The molecule has 0 radical (unpaired) electrons. The third-order valence-electron chi connectivity index (χ3n) is 15.2. The molecule has 5 aromatic carbocycles. The van der Waals surface area contributed by atoms with E-state index in [1.54, 1.807) is 0 Å². The van der Waals surface area contributed by atoms with Gasteiger partial charge in [-0.2, -0.15) is 0 Å². The molecule has 2 aliphatic carbocycles. The van der Waals surface area contributed by atoms with Crippen LogP contribution in [0.1, 0.15) is 175 Å². The van der Waals surface area contributed by atoms with Crippen LogP contribution in [0.25, 0.3) is 0 Å². The molecule has 0 saturated carbocycles. The first-order valence-electron chi connectivity index (χ1n) is 22.9. The molecule has 9 rings (SSSR count). The number of anilines is 6. The van der Waals surface area contributed by atoms with Crippen molar-refractivity contribution in [2.75, 3.05) is 9.80 Å². The average Bonchev–Trinajstić information content (AvgIpc) is 3.42. The van der Waals surface area contributed by atoms with E-state index in [1.807, 2.05) is 0 Å². The van der Waals surface area contributed by atoms with Gasteiger partial charge in [-0.3, -0.25) is 0 Å². The predicted octanol–water partition coefficient (Wildman–Crippen LogP) is 13.9. The van der Waals surface area contributed by atoms with E-state index in [0.29, 0.717) is 0 Å². The van der Waals surface area contributed by atoms with Crippen LogP contribution in [0.5, 0.6) is 0 Å². The third kappa shape index (κ3) is 6.09. The Morgan fingerprint density at radius 2 is 0.867 bits per heavy atom. The maximum atomic E-state index is 2.70. The summed E-state index contributed by atoms with van der Waals surface area (Å²) in [6.45, 7) is 43.3. The van der Waals surface area contributed by atoms with Crippen LogP contribution in [0.2, 0.25) is 0 Å². The lowest BCUT2D eigenvalue weighted by atomic mass is 9.33. The van der Waals surface area contributed by atoms with Gasteiger partial charge in [0, 0.05) is 34.1 Å². The summed E-state index contributed by atoms with van der Waals surface area (Å²) in [6.07, 6.45) is 2.29. The van der Waals surface area contributed by atoms with Crippen molar-refractivity contribution in [2.24, 2.45) is 0 Å². The molecular formula is C57H71BN2. The van der Waals surface area contributed by atoms with Crippen LogP contribution in [0.3, 0.4) is 0 Å². The van der Waals surface area contributed by atoms with Crippen LogP contribution >= 0.6 is 0 Å². The van der Waals surface area contributed by atoms with Crippen molar-refractivity contribution in [3.63, 3.8) is 0 Å². The Hall–Kier alpha value is -4.24. The molecule has 4 aliphatic rings. The first kappa shape index (κ1) is 41.1. The number of fused-ring (bicyclic) bond motifs is 6. The van der Waals surface area contributed by atoms with Gasteiger partial charge in [-0.1, -0.05) is 154 Å². The van der Waals surface area contributed by atoms with Gasteiger partial charge < -0.3 is 9.80 Å². The summed E-state index contributed by atoms with van der Waals surface area (Å²) in [4.78, 5) is 5.38. The van der Waals surface area contributed by atoms with Crippen LogP contribution in [-0.4, -0.2) is 6.71 Å². The van der Waals surface area contributed by atoms with Crippen LogP contribution < -0.4 is 26.2 Å². The minimum absolute atomic E-state index is 0.00465. The molecule has 0 saturated heterocycles. The Bertz CT molecular complexity index is 2630. The second-order valence-electron chi connectivity index (χ2n) is 25.1. The highest BCUT2D eigenvalue weighted by Crippen LogP contribution is 2.55. The molecule has 2 aliphatic heterocycles. The normalized spacial score (nSPS) is 19.1. The molecule has 0 N–H and O–H groups in total. The highest BCUT2D eigenvalue weighted by atomic mass is 15.2. The van der Waals surface area contributed by atoms with Gasteiger partial charge >= 0.3 is 0 Å². The summed E-state index contributed by atoms with van der Waals surface area (Å²) in [5.41, 5.74) is 23.8. The zero-order valence-electron chi connectivity index (χ0n) is 40.4. The first-order chi connectivity index (χ1) is 27.5. The second-order valence-corrected chi connectivity index (χ2v) is 25.1. The molecule has 0 aromatic heterocycles. The average molecular weight is 795 g/mol. The summed E-state index contributed by atoms with van der Waals surface area (Å²) in [5.74, 6) is 0. The molecule has 2 nitrogen and oxygen atoms in total. The quantitative estimate of drug-likeness (QED) is 0.161. The zero-order chi connectivity index (χ0) is 43.7. The molecule has 0 bridgehead atoms. The highest BCUT2D eigenvalue weighted by molar-refractivity contribution is 7.00. The van der Waals surface area contributed by atoms with E-state index in [0.717, 1.165) is 12.8 Å². The Labute approximate surface area is 364 Å². The summed E-state index contributed by atoms with van der Waals surface area (Å²) in [7, 11) is 0. The van der Waals surface area contributed by atoms with Gasteiger partial charge in [-0.05, 0) is 161 Å². The third-order valence-corrected chi connectivity index (χ3v) is 15.2. The Morgan fingerprint density at radius 3 is 1.43 bits per heavy atom. The standard InChI is InChI=1S/C57H71BN2/c1-34-19-20-35(51(2,3)4)25-45(34)60-46-26-36(52(5,6)7)21-24-43(46)58-44-30-41-42(57(17,18)33-56(41,15)16)31-47(44)59(48-27-37(53(8,9)10)28-49(60)50(48)58)38-22-23-39-40(29-38)55(13,14)32-54(39,11)12/h19-31H,32-33H2,1-18H3. The number of hydrogen-bond acceptors (Lipinski definition) is 2. The molecule has 0 spiro atoms. The van der Waals surface area contributed by atoms with Gasteiger partial charge in [0.25, 0.3) is 6.71 Å². The van der Waals surface area contributed by atoms with Gasteiger partial charge in [0.2, 0.25) is 0 Å². The van der Waals surface area contributed by atoms with Crippen molar-refractivity contribution in [3.8, 4) is 0 Å². The molecular weight excluding hydrogens is 723 g/mol. The lowest BCUT2D eigenvalue weighted by Gasteiger charge is -2.46. The van der Waals surface area contributed by atoms with Crippen molar-refractivity contribution in [1.82, 2.24) is 0 Å². The van der Waals surface area contributed by atoms with Gasteiger partial charge in [0.05, 0.1) is 0 Å². The fraction of sp³-hybridized carbons (Fsp3) is 0.474. The molecule has 0 atom stereocenters. The highest BCUT2D eigenvalue weighted by Gasteiger charge is 2.49.